The molecule has 0 saturated carbocycles. The van der Waals surface area contributed by atoms with Gasteiger partial charge in [-0.1, -0.05) is 24.8 Å². The smallest absolute Gasteiger partial charge is 0.252 e. The van der Waals surface area contributed by atoms with Gasteiger partial charge in [0.2, 0.25) is 0 Å². The van der Waals surface area contributed by atoms with Crippen molar-refractivity contribution in [3.63, 3.8) is 0 Å². The van der Waals surface area contributed by atoms with Crippen LogP contribution in [0.5, 0.6) is 0 Å². The van der Waals surface area contributed by atoms with Gasteiger partial charge in [0.15, 0.2) is 0 Å². The fourth-order valence-corrected chi connectivity index (χ4v) is 1.43. The zero-order chi connectivity index (χ0) is 12.7. The monoisotopic (exact) mass is 231 g/mol. The molecule has 1 aromatic rings. The van der Waals surface area contributed by atoms with Gasteiger partial charge in [-0.2, -0.15) is 0 Å². The lowest BCUT2D eigenvalue weighted by Gasteiger charge is -2.06. The highest BCUT2D eigenvalue weighted by Crippen LogP contribution is 2.10. The summed E-state index contributed by atoms with van der Waals surface area (Å²) in [6, 6.07) is 5.50. The Labute approximate surface area is 102 Å². The van der Waals surface area contributed by atoms with E-state index in [1.165, 1.54) is 0 Å². The molecule has 17 heavy (non-hydrogen) atoms. The quantitative estimate of drug-likeness (QED) is 0.774. The molecule has 1 rings (SSSR count). The maximum Gasteiger partial charge on any atom is 0.252 e. The van der Waals surface area contributed by atoms with E-state index in [1.54, 1.807) is 6.07 Å². The van der Waals surface area contributed by atoms with Crippen LogP contribution < -0.4 is 5.32 Å². The molecule has 0 saturated heterocycles. The Balaban J connectivity index is 3.01. The van der Waals surface area contributed by atoms with Gasteiger partial charge in [0.25, 0.3) is 5.91 Å². The maximum absolute atomic E-state index is 11.9. The number of carbonyl (C=O) groups is 1. The highest BCUT2D eigenvalue weighted by Gasteiger charge is 2.09. The lowest BCUT2D eigenvalue weighted by atomic mass is 10.0. The fraction of sp³-hybridized carbons (Fsp3) is 0.357. The van der Waals surface area contributed by atoms with E-state index in [1.807, 2.05) is 26.0 Å². The molecule has 2 N–H and O–H groups in total. The highest BCUT2D eigenvalue weighted by molar-refractivity contribution is 5.96. The SMILES string of the molecule is CCCNC(=O)c1ccc(C)cc1C#CCO. The Morgan fingerprint density at radius 2 is 2.24 bits per heavy atom. The van der Waals surface area contributed by atoms with Crippen molar-refractivity contribution in [1.29, 1.82) is 0 Å². The van der Waals surface area contributed by atoms with Gasteiger partial charge < -0.3 is 10.4 Å². The first-order chi connectivity index (χ1) is 8.19. The lowest BCUT2D eigenvalue weighted by molar-refractivity contribution is 0.0953. The van der Waals surface area contributed by atoms with E-state index in [0.29, 0.717) is 17.7 Å². The minimum absolute atomic E-state index is 0.117. The van der Waals surface area contributed by atoms with Crippen molar-refractivity contribution in [3.05, 3.63) is 34.9 Å². The number of aryl methyl sites for hydroxylation is 1. The van der Waals surface area contributed by atoms with Crippen LogP contribution >= 0.6 is 0 Å². The van der Waals surface area contributed by atoms with Gasteiger partial charge in [0.05, 0.1) is 5.56 Å². The number of amides is 1. The van der Waals surface area contributed by atoms with Gasteiger partial charge in [-0.05, 0) is 31.0 Å². The van der Waals surface area contributed by atoms with E-state index in [0.717, 1.165) is 12.0 Å². The van der Waals surface area contributed by atoms with Gasteiger partial charge in [-0.3, -0.25) is 4.79 Å². The second kappa shape index (κ2) is 6.72. The molecule has 0 unspecified atom stereocenters. The third kappa shape index (κ3) is 3.93. The molecule has 3 nitrogen and oxygen atoms in total. The molecule has 0 spiro atoms. The van der Waals surface area contributed by atoms with Crippen molar-refractivity contribution in [2.24, 2.45) is 0 Å². The van der Waals surface area contributed by atoms with Crippen molar-refractivity contribution in [3.8, 4) is 11.8 Å². The van der Waals surface area contributed by atoms with Crippen molar-refractivity contribution in [2.45, 2.75) is 20.3 Å². The summed E-state index contributed by atoms with van der Waals surface area (Å²) in [6.45, 7) is 4.39. The van der Waals surface area contributed by atoms with E-state index < -0.39 is 0 Å². The zero-order valence-electron chi connectivity index (χ0n) is 10.2. The van der Waals surface area contributed by atoms with Crippen LogP contribution in [0, 0.1) is 18.8 Å². The van der Waals surface area contributed by atoms with E-state index in [2.05, 4.69) is 17.2 Å². The predicted octanol–water partition coefficient (Wildman–Crippen LogP) is 1.48. The van der Waals surface area contributed by atoms with E-state index in [9.17, 15) is 4.79 Å². The van der Waals surface area contributed by atoms with Crippen molar-refractivity contribution in [2.75, 3.05) is 13.2 Å². The Kier molecular flexibility index (Phi) is 5.25. The first-order valence-electron chi connectivity index (χ1n) is 5.67. The molecule has 0 aliphatic carbocycles. The third-order valence-corrected chi connectivity index (χ3v) is 2.26. The number of carbonyl (C=O) groups excluding carboxylic acids is 1. The van der Waals surface area contributed by atoms with Gasteiger partial charge in [-0.15, -0.1) is 0 Å². The molecule has 0 radical (unpaired) electrons. The first kappa shape index (κ1) is 13.3. The van der Waals surface area contributed by atoms with Crippen LogP contribution in [0.4, 0.5) is 0 Å². The average molecular weight is 231 g/mol. The lowest BCUT2D eigenvalue weighted by Crippen LogP contribution is -2.24. The Morgan fingerprint density at radius 3 is 2.88 bits per heavy atom. The summed E-state index contributed by atoms with van der Waals surface area (Å²) in [4.78, 5) is 11.9. The normalized spacial score (nSPS) is 9.35. The number of nitrogens with one attached hydrogen (secondary N) is 1. The van der Waals surface area contributed by atoms with Crippen LogP contribution in [-0.4, -0.2) is 24.2 Å². The third-order valence-electron chi connectivity index (χ3n) is 2.26. The molecule has 90 valence electrons. The van der Waals surface area contributed by atoms with Gasteiger partial charge in [-0.25, -0.2) is 0 Å². The van der Waals surface area contributed by atoms with E-state index >= 15 is 0 Å². The molecule has 1 aromatic carbocycles. The molecule has 0 atom stereocenters. The molecule has 1 amide bonds. The topological polar surface area (TPSA) is 49.3 Å². The number of hydrogen-bond acceptors (Lipinski definition) is 2. The molecule has 0 aliphatic heterocycles. The Morgan fingerprint density at radius 1 is 1.47 bits per heavy atom. The number of benzene rings is 1. The second-order valence-corrected chi connectivity index (χ2v) is 3.76. The largest absolute Gasteiger partial charge is 0.384 e. The molecular formula is C14H17NO2. The average Bonchev–Trinajstić information content (AvgIpc) is 2.33. The summed E-state index contributed by atoms with van der Waals surface area (Å²) < 4.78 is 0. The van der Waals surface area contributed by atoms with Crippen LogP contribution in [-0.2, 0) is 0 Å². The fourth-order valence-electron chi connectivity index (χ4n) is 1.43. The molecule has 0 aliphatic rings. The summed E-state index contributed by atoms with van der Waals surface area (Å²) >= 11 is 0. The van der Waals surface area contributed by atoms with Crippen LogP contribution in [0.15, 0.2) is 18.2 Å². The molecule has 0 bridgehead atoms. The summed E-state index contributed by atoms with van der Waals surface area (Å²) in [7, 11) is 0. The second-order valence-electron chi connectivity index (χ2n) is 3.76. The molecule has 0 fully saturated rings. The number of aliphatic hydroxyl groups excluding tert-OH is 1. The van der Waals surface area contributed by atoms with E-state index in [4.69, 9.17) is 5.11 Å². The molecule has 3 heteroatoms. The van der Waals surface area contributed by atoms with Crippen LogP contribution in [0.2, 0.25) is 0 Å². The minimum atomic E-state index is -0.204. The first-order valence-corrected chi connectivity index (χ1v) is 5.67. The van der Waals surface area contributed by atoms with Gasteiger partial charge >= 0.3 is 0 Å². The maximum atomic E-state index is 11.9. The van der Waals surface area contributed by atoms with Crippen molar-refractivity contribution in [1.82, 2.24) is 5.32 Å². The number of rotatable bonds is 3. The standard InChI is InChI=1S/C14H17NO2/c1-3-8-15-14(17)13-7-6-11(2)10-12(13)5-4-9-16/h6-7,10,16H,3,8-9H2,1-2H3,(H,15,17). The highest BCUT2D eigenvalue weighted by atomic mass is 16.2. The number of hydrogen-bond donors (Lipinski definition) is 2. The van der Waals surface area contributed by atoms with Crippen molar-refractivity contribution >= 4 is 5.91 Å². The molecule has 0 aromatic heterocycles. The predicted molar refractivity (Wildman–Crippen MR) is 67.8 cm³/mol. The van der Waals surface area contributed by atoms with Crippen LogP contribution in [0.25, 0.3) is 0 Å². The number of aliphatic hydroxyl groups is 1. The van der Waals surface area contributed by atoms with E-state index in [-0.39, 0.29) is 12.5 Å². The summed E-state index contributed by atoms with van der Waals surface area (Å²) in [5.41, 5.74) is 2.26. The van der Waals surface area contributed by atoms with Crippen molar-refractivity contribution < 1.29 is 9.90 Å². The van der Waals surface area contributed by atoms with Gasteiger partial charge in [0.1, 0.15) is 6.61 Å². The summed E-state index contributed by atoms with van der Waals surface area (Å²) in [5, 5.41) is 11.5. The zero-order valence-corrected chi connectivity index (χ0v) is 10.2. The van der Waals surface area contributed by atoms with Crippen LogP contribution in [0.1, 0.15) is 34.8 Å². The summed E-state index contributed by atoms with van der Waals surface area (Å²) in [5.74, 6) is 5.25. The van der Waals surface area contributed by atoms with Crippen LogP contribution in [0.3, 0.4) is 0 Å². The molecule has 0 heterocycles. The molecular weight excluding hydrogens is 214 g/mol. The summed E-state index contributed by atoms with van der Waals surface area (Å²) in [6.07, 6.45) is 0.898. The van der Waals surface area contributed by atoms with Gasteiger partial charge in [0, 0.05) is 12.1 Å². The Bertz CT molecular complexity index is 455. The minimum Gasteiger partial charge on any atom is -0.384 e. The Hall–Kier alpha value is -1.79.